The van der Waals surface area contributed by atoms with Gasteiger partial charge in [-0.15, -0.1) is 0 Å². The molecular weight excluding hydrogens is 276 g/mol. The molecule has 2 aromatic rings. The van der Waals surface area contributed by atoms with Crippen molar-refractivity contribution in [2.75, 3.05) is 0 Å². The number of carbonyl (C=O) groups is 1. The predicted octanol–water partition coefficient (Wildman–Crippen LogP) is 4.46. The van der Waals surface area contributed by atoms with Crippen LogP contribution in [0.3, 0.4) is 0 Å². The fourth-order valence-electron chi connectivity index (χ4n) is 2.13. The molecule has 1 atom stereocenters. The van der Waals surface area contributed by atoms with Crippen molar-refractivity contribution in [1.82, 2.24) is 0 Å². The van der Waals surface area contributed by atoms with E-state index < -0.39 is 6.10 Å². The van der Waals surface area contributed by atoms with Crippen molar-refractivity contribution in [1.29, 1.82) is 0 Å². The maximum Gasteiger partial charge on any atom is 0.347 e. The molecular formula is C19H22O3. The Bertz CT molecular complexity index is 588. The Labute approximate surface area is 131 Å². The molecule has 2 aromatic carbocycles. The molecule has 0 radical (unpaired) electrons. The van der Waals surface area contributed by atoms with E-state index in [-0.39, 0.29) is 12.1 Å². The molecule has 0 unspecified atom stereocenters. The van der Waals surface area contributed by atoms with Crippen LogP contribution < -0.4 is 4.74 Å². The highest BCUT2D eigenvalue weighted by Crippen LogP contribution is 2.23. The third kappa shape index (κ3) is 4.35. The van der Waals surface area contributed by atoms with E-state index >= 15 is 0 Å². The number of rotatable bonds is 6. The molecule has 0 bridgehead atoms. The highest BCUT2D eigenvalue weighted by molar-refractivity contribution is 5.75. The molecule has 0 saturated heterocycles. The summed E-state index contributed by atoms with van der Waals surface area (Å²) in [5.74, 6) is 0.358. The van der Waals surface area contributed by atoms with Crippen LogP contribution >= 0.6 is 0 Å². The number of benzene rings is 2. The fourth-order valence-corrected chi connectivity index (χ4v) is 2.13. The summed E-state index contributed by atoms with van der Waals surface area (Å²) in [6.45, 7) is 5.57. The van der Waals surface area contributed by atoms with Crippen molar-refractivity contribution in [3.63, 3.8) is 0 Å². The number of ether oxygens (including phenoxy) is 2. The first kappa shape index (κ1) is 16.1. The van der Waals surface area contributed by atoms with Crippen LogP contribution in [0.25, 0.3) is 11.1 Å². The molecule has 3 nitrogen and oxygen atoms in total. The van der Waals surface area contributed by atoms with Crippen molar-refractivity contribution in [3.8, 4) is 16.9 Å². The summed E-state index contributed by atoms with van der Waals surface area (Å²) in [5.41, 5.74) is 2.27. The van der Waals surface area contributed by atoms with Crippen molar-refractivity contribution >= 4 is 5.97 Å². The average molecular weight is 298 g/mol. The third-order valence-corrected chi connectivity index (χ3v) is 3.23. The summed E-state index contributed by atoms with van der Waals surface area (Å²) in [7, 11) is 0. The van der Waals surface area contributed by atoms with Crippen molar-refractivity contribution in [3.05, 3.63) is 54.6 Å². The fraction of sp³-hybridized carbons (Fsp3) is 0.316. The van der Waals surface area contributed by atoms with Crippen LogP contribution in [-0.2, 0) is 9.53 Å². The van der Waals surface area contributed by atoms with Crippen molar-refractivity contribution in [2.24, 2.45) is 0 Å². The summed E-state index contributed by atoms with van der Waals surface area (Å²) in [4.78, 5) is 11.9. The first-order valence-electron chi connectivity index (χ1n) is 7.62. The van der Waals surface area contributed by atoms with Crippen LogP contribution in [0.1, 0.15) is 27.2 Å². The van der Waals surface area contributed by atoms with Gasteiger partial charge in [0.2, 0.25) is 0 Å². The maximum atomic E-state index is 11.9. The SMILES string of the molecule is CC[C@@H](Oc1ccc(-c2ccccc2)cc1)C(=O)OC(C)C. The van der Waals surface area contributed by atoms with E-state index in [9.17, 15) is 4.79 Å². The Morgan fingerprint density at radius 3 is 2.09 bits per heavy atom. The topological polar surface area (TPSA) is 35.5 Å². The van der Waals surface area contributed by atoms with E-state index in [1.807, 2.05) is 63.2 Å². The summed E-state index contributed by atoms with van der Waals surface area (Å²) in [5, 5.41) is 0. The molecule has 0 fully saturated rings. The molecule has 0 amide bonds. The van der Waals surface area contributed by atoms with Gasteiger partial charge in [-0.2, -0.15) is 0 Å². The van der Waals surface area contributed by atoms with Crippen LogP contribution in [0.4, 0.5) is 0 Å². The number of esters is 1. The molecule has 2 rings (SSSR count). The minimum Gasteiger partial charge on any atom is -0.479 e. The van der Waals surface area contributed by atoms with Gasteiger partial charge in [-0.25, -0.2) is 4.79 Å². The van der Waals surface area contributed by atoms with E-state index in [1.165, 1.54) is 0 Å². The zero-order valence-electron chi connectivity index (χ0n) is 13.3. The van der Waals surface area contributed by atoms with Crippen LogP contribution in [0.2, 0.25) is 0 Å². The smallest absolute Gasteiger partial charge is 0.347 e. The Balaban J connectivity index is 2.05. The molecule has 0 N–H and O–H groups in total. The van der Waals surface area contributed by atoms with Gasteiger partial charge in [-0.3, -0.25) is 0 Å². The second-order valence-electron chi connectivity index (χ2n) is 5.39. The van der Waals surface area contributed by atoms with Gasteiger partial charge in [0.1, 0.15) is 5.75 Å². The molecule has 0 aliphatic rings. The molecule has 116 valence electrons. The molecule has 0 heterocycles. The zero-order valence-corrected chi connectivity index (χ0v) is 13.3. The van der Waals surface area contributed by atoms with E-state index in [1.54, 1.807) is 0 Å². The van der Waals surface area contributed by atoms with Gasteiger partial charge in [0, 0.05) is 0 Å². The first-order valence-corrected chi connectivity index (χ1v) is 7.62. The van der Waals surface area contributed by atoms with Gasteiger partial charge in [0.25, 0.3) is 0 Å². The van der Waals surface area contributed by atoms with Gasteiger partial charge in [-0.05, 0) is 43.5 Å². The highest BCUT2D eigenvalue weighted by Gasteiger charge is 2.21. The monoisotopic (exact) mass is 298 g/mol. The lowest BCUT2D eigenvalue weighted by Gasteiger charge is -2.18. The molecule has 3 heteroatoms. The normalized spacial score (nSPS) is 12.0. The van der Waals surface area contributed by atoms with Gasteiger partial charge in [-0.1, -0.05) is 49.4 Å². The predicted molar refractivity (Wildman–Crippen MR) is 87.8 cm³/mol. The molecule has 0 spiro atoms. The van der Waals surface area contributed by atoms with E-state index in [2.05, 4.69) is 12.1 Å². The molecule has 0 saturated carbocycles. The van der Waals surface area contributed by atoms with Gasteiger partial charge >= 0.3 is 5.97 Å². The minimum absolute atomic E-state index is 0.134. The standard InChI is InChI=1S/C19H22O3/c1-4-18(19(20)21-14(2)3)22-17-12-10-16(11-13-17)15-8-6-5-7-9-15/h5-14,18H,4H2,1-3H3/t18-/m1/s1. The Kier molecular flexibility index (Phi) is 5.59. The molecule has 0 aromatic heterocycles. The van der Waals surface area contributed by atoms with Gasteiger partial charge in [0.05, 0.1) is 6.10 Å². The van der Waals surface area contributed by atoms with E-state index in [0.29, 0.717) is 12.2 Å². The quantitative estimate of drug-likeness (QED) is 0.738. The summed E-state index contributed by atoms with van der Waals surface area (Å²) >= 11 is 0. The Morgan fingerprint density at radius 1 is 0.955 bits per heavy atom. The van der Waals surface area contributed by atoms with Crippen molar-refractivity contribution in [2.45, 2.75) is 39.4 Å². The number of hydrogen-bond donors (Lipinski definition) is 0. The second-order valence-corrected chi connectivity index (χ2v) is 5.39. The number of carbonyl (C=O) groups excluding carboxylic acids is 1. The minimum atomic E-state index is -0.565. The van der Waals surface area contributed by atoms with Crippen LogP contribution in [0.15, 0.2) is 54.6 Å². The molecule has 22 heavy (non-hydrogen) atoms. The average Bonchev–Trinajstić information content (AvgIpc) is 2.53. The lowest BCUT2D eigenvalue weighted by molar-refractivity contribution is -0.155. The van der Waals surface area contributed by atoms with Gasteiger partial charge in [0.15, 0.2) is 6.10 Å². The van der Waals surface area contributed by atoms with Crippen LogP contribution in [0.5, 0.6) is 5.75 Å². The largest absolute Gasteiger partial charge is 0.479 e. The van der Waals surface area contributed by atoms with E-state index in [4.69, 9.17) is 9.47 Å². The summed E-state index contributed by atoms with van der Waals surface area (Å²) in [6.07, 6.45) is -0.123. The lowest BCUT2D eigenvalue weighted by Crippen LogP contribution is -2.30. The van der Waals surface area contributed by atoms with Crippen molar-refractivity contribution < 1.29 is 14.3 Å². The third-order valence-electron chi connectivity index (χ3n) is 3.23. The summed E-state index contributed by atoms with van der Waals surface area (Å²) < 4.78 is 10.9. The summed E-state index contributed by atoms with van der Waals surface area (Å²) in [6, 6.07) is 17.9. The van der Waals surface area contributed by atoms with Crippen LogP contribution in [0, 0.1) is 0 Å². The van der Waals surface area contributed by atoms with Gasteiger partial charge < -0.3 is 9.47 Å². The number of hydrogen-bond acceptors (Lipinski definition) is 3. The lowest BCUT2D eigenvalue weighted by atomic mass is 10.1. The Morgan fingerprint density at radius 2 is 1.55 bits per heavy atom. The molecule has 0 aliphatic carbocycles. The van der Waals surface area contributed by atoms with Crippen LogP contribution in [-0.4, -0.2) is 18.2 Å². The maximum absolute atomic E-state index is 11.9. The zero-order chi connectivity index (χ0) is 15.9. The first-order chi connectivity index (χ1) is 10.6. The highest BCUT2D eigenvalue weighted by atomic mass is 16.6. The Hall–Kier alpha value is -2.29. The van der Waals surface area contributed by atoms with E-state index in [0.717, 1.165) is 11.1 Å². The molecule has 0 aliphatic heterocycles. The second kappa shape index (κ2) is 7.64.